The van der Waals surface area contributed by atoms with Crippen molar-refractivity contribution in [1.29, 1.82) is 0 Å². The van der Waals surface area contributed by atoms with E-state index in [4.69, 9.17) is 14.2 Å². The Hall–Kier alpha value is -4.81. The van der Waals surface area contributed by atoms with Gasteiger partial charge in [-0.2, -0.15) is 0 Å². The molecular weight excluding hydrogens is 592 g/mol. The molecular formula is C32H23F2N3O6S. The van der Waals surface area contributed by atoms with Gasteiger partial charge in [-0.3, -0.25) is 19.3 Å². The number of hydrogen-bond acceptors (Lipinski definition) is 8. The first-order valence-corrected chi connectivity index (χ1v) is 14.9. The molecule has 44 heavy (non-hydrogen) atoms. The number of thiophene rings is 1. The van der Waals surface area contributed by atoms with Crippen molar-refractivity contribution in [3.63, 3.8) is 0 Å². The van der Waals surface area contributed by atoms with E-state index in [2.05, 4.69) is 0 Å². The molecule has 1 aliphatic carbocycles. The fourth-order valence-corrected chi connectivity index (χ4v) is 7.44. The van der Waals surface area contributed by atoms with E-state index in [1.54, 1.807) is 24.0 Å². The number of amides is 1. The Kier molecular flexibility index (Phi) is 6.00. The van der Waals surface area contributed by atoms with Crippen molar-refractivity contribution in [2.75, 3.05) is 24.8 Å². The molecule has 0 bridgehead atoms. The highest BCUT2D eigenvalue weighted by molar-refractivity contribution is 7.14. The van der Waals surface area contributed by atoms with Gasteiger partial charge in [0.05, 0.1) is 19.3 Å². The van der Waals surface area contributed by atoms with Crippen LogP contribution in [0, 0.1) is 11.6 Å². The minimum absolute atomic E-state index is 0.0784. The number of pyridine rings is 1. The van der Waals surface area contributed by atoms with Crippen LogP contribution in [0.4, 0.5) is 8.78 Å². The molecule has 0 N–H and O–H groups in total. The maximum Gasteiger partial charge on any atom is 0.336 e. The van der Waals surface area contributed by atoms with Gasteiger partial charge in [0, 0.05) is 46.5 Å². The minimum atomic E-state index is -1.20. The van der Waals surface area contributed by atoms with Gasteiger partial charge >= 0.3 is 5.97 Å². The largest absolute Gasteiger partial charge is 0.444 e. The van der Waals surface area contributed by atoms with Gasteiger partial charge in [0.25, 0.3) is 12.2 Å². The molecule has 2 aromatic heterocycles. The Labute approximate surface area is 253 Å². The summed E-state index contributed by atoms with van der Waals surface area (Å²) in [5.74, 6) is -3.30. The van der Waals surface area contributed by atoms with Gasteiger partial charge in [0.15, 0.2) is 17.3 Å². The average Bonchev–Trinajstić information content (AvgIpc) is 3.60. The van der Waals surface area contributed by atoms with E-state index < -0.39 is 47.4 Å². The summed E-state index contributed by atoms with van der Waals surface area (Å²) < 4.78 is 49.3. The number of fused-ring (bicyclic) bond motifs is 7. The van der Waals surface area contributed by atoms with E-state index in [1.807, 2.05) is 34.7 Å². The number of carbonyl (C=O) groups is 2. The number of nitrogens with zero attached hydrogens (tertiary/aromatic N) is 3. The predicted molar refractivity (Wildman–Crippen MR) is 156 cm³/mol. The lowest BCUT2D eigenvalue weighted by Crippen LogP contribution is -2.66. The molecule has 9 nitrogen and oxygen atoms in total. The van der Waals surface area contributed by atoms with E-state index in [-0.39, 0.29) is 36.8 Å². The van der Waals surface area contributed by atoms with Crippen molar-refractivity contribution in [3.8, 4) is 27.3 Å². The van der Waals surface area contributed by atoms with Crippen LogP contribution in [-0.4, -0.2) is 53.7 Å². The summed E-state index contributed by atoms with van der Waals surface area (Å²) >= 11 is 1.43. The summed E-state index contributed by atoms with van der Waals surface area (Å²) in [5, 5.41) is 3.71. The van der Waals surface area contributed by atoms with Crippen molar-refractivity contribution < 1.29 is 32.6 Å². The molecule has 2 aromatic carbocycles. The molecule has 12 heteroatoms. The van der Waals surface area contributed by atoms with E-state index >= 15 is 4.39 Å². The molecule has 3 atom stereocenters. The van der Waals surface area contributed by atoms with Gasteiger partial charge in [-0.25, -0.2) is 13.6 Å². The van der Waals surface area contributed by atoms with Gasteiger partial charge in [0.1, 0.15) is 6.17 Å². The van der Waals surface area contributed by atoms with Gasteiger partial charge < -0.3 is 19.1 Å². The summed E-state index contributed by atoms with van der Waals surface area (Å²) in [6, 6.07) is 12.6. The third kappa shape index (κ3) is 3.80. The van der Waals surface area contributed by atoms with Gasteiger partial charge in [-0.05, 0) is 41.1 Å². The molecule has 222 valence electrons. The molecule has 1 saturated heterocycles. The maximum absolute atomic E-state index is 15.9. The minimum Gasteiger partial charge on any atom is -0.444 e. The Bertz CT molecular complexity index is 1990. The third-order valence-electron chi connectivity index (χ3n) is 8.44. The SMILES string of the molecule is CC1=CC(Oc2c3n(ccc2=O)N([C@@H]2c4ccccc4-c4sccc4-c4c2ccc(F)c4F)[C@@H]2COCCN2C3=O)OC1=O. The number of morpholine rings is 1. The zero-order valence-corrected chi connectivity index (χ0v) is 24.0. The molecule has 5 heterocycles. The predicted octanol–water partition coefficient (Wildman–Crippen LogP) is 4.58. The first-order chi connectivity index (χ1) is 21.3. The fourth-order valence-electron chi connectivity index (χ4n) is 6.49. The lowest BCUT2D eigenvalue weighted by atomic mass is 9.92. The normalized spacial score (nSPS) is 21.8. The molecule has 3 aliphatic heterocycles. The van der Waals surface area contributed by atoms with E-state index in [0.717, 1.165) is 22.1 Å². The first-order valence-electron chi connectivity index (χ1n) is 14.0. The molecule has 1 unspecified atom stereocenters. The molecule has 0 radical (unpaired) electrons. The maximum atomic E-state index is 15.9. The van der Waals surface area contributed by atoms with E-state index in [1.165, 1.54) is 34.4 Å². The monoisotopic (exact) mass is 615 g/mol. The first kappa shape index (κ1) is 26.8. The number of hydrogen-bond donors (Lipinski definition) is 0. The van der Waals surface area contributed by atoms with Crippen LogP contribution in [0.2, 0.25) is 0 Å². The second-order valence-electron chi connectivity index (χ2n) is 10.9. The lowest BCUT2D eigenvalue weighted by Gasteiger charge is -2.51. The number of rotatable bonds is 3. The van der Waals surface area contributed by atoms with Crippen molar-refractivity contribution in [1.82, 2.24) is 9.58 Å². The number of cyclic esters (lactones) is 1. The quantitative estimate of drug-likeness (QED) is 0.312. The molecule has 8 rings (SSSR count). The second kappa shape index (κ2) is 9.86. The number of esters is 1. The molecule has 4 aromatic rings. The number of carbonyl (C=O) groups excluding carboxylic acids is 2. The summed E-state index contributed by atoms with van der Waals surface area (Å²) in [6.07, 6.45) is 1.03. The van der Waals surface area contributed by atoms with Crippen LogP contribution in [0.15, 0.2) is 76.6 Å². The fraction of sp³-hybridized carbons (Fsp3) is 0.219. The van der Waals surface area contributed by atoms with E-state index in [0.29, 0.717) is 16.7 Å². The molecule has 0 saturated carbocycles. The Morgan fingerprint density at radius 3 is 2.66 bits per heavy atom. The van der Waals surface area contributed by atoms with Gasteiger partial charge in [-0.15, -0.1) is 11.3 Å². The highest BCUT2D eigenvalue weighted by Gasteiger charge is 2.47. The highest BCUT2D eigenvalue weighted by Crippen LogP contribution is 2.51. The standard InChI is InChI=1S/C32H23F2N3O6S/c1-16-14-24(43-32(16)40)42-29-22(38)8-10-36-28(29)31(39)35-11-12-41-15-23(35)37(36)27-17-4-2-3-5-18(17)30-20(9-13-44-30)25-19(27)6-7-21(33)26(25)34/h2-10,13-14,23-24,27H,11-12,15H2,1H3/t23-,24?,27-/m1/s1. The Morgan fingerprint density at radius 2 is 1.84 bits per heavy atom. The summed E-state index contributed by atoms with van der Waals surface area (Å²) in [6.45, 7) is 2.16. The van der Waals surface area contributed by atoms with Crippen LogP contribution >= 0.6 is 11.3 Å². The van der Waals surface area contributed by atoms with Crippen LogP contribution in [0.3, 0.4) is 0 Å². The summed E-state index contributed by atoms with van der Waals surface area (Å²) in [7, 11) is 0. The van der Waals surface area contributed by atoms with Crippen molar-refractivity contribution in [2.24, 2.45) is 0 Å². The number of ether oxygens (including phenoxy) is 3. The zero-order chi connectivity index (χ0) is 30.3. The van der Waals surface area contributed by atoms with Crippen molar-refractivity contribution in [2.45, 2.75) is 25.4 Å². The van der Waals surface area contributed by atoms with Crippen molar-refractivity contribution >= 4 is 23.2 Å². The van der Waals surface area contributed by atoms with Crippen molar-refractivity contribution in [3.05, 3.63) is 110 Å². The number of halogens is 2. The van der Waals surface area contributed by atoms with Crippen LogP contribution in [-0.2, 0) is 14.3 Å². The number of aromatic nitrogens is 1. The van der Waals surface area contributed by atoms with Crippen LogP contribution < -0.4 is 15.2 Å². The van der Waals surface area contributed by atoms with E-state index in [9.17, 15) is 18.8 Å². The lowest BCUT2D eigenvalue weighted by molar-refractivity contribution is -0.148. The van der Waals surface area contributed by atoms with Crippen LogP contribution in [0.1, 0.15) is 34.6 Å². The molecule has 1 fully saturated rings. The van der Waals surface area contributed by atoms with Gasteiger partial charge in [-0.1, -0.05) is 30.3 Å². The Morgan fingerprint density at radius 1 is 1.00 bits per heavy atom. The summed E-state index contributed by atoms with van der Waals surface area (Å²) in [5.41, 5.74) is 2.44. The average molecular weight is 616 g/mol. The topological polar surface area (TPSA) is 90.3 Å². The third-order valence-corrected chi connectivity index (χ3v) is 9.39. The zero-order valence-electron chi connectivity index (χ0n) is 23.2. The smallest absolute Gasteiger partial charge is 0.336 e. The highest BCUT2D eigenvalue weighted by atomic mass is 32.1. The summed E-state index contributed by atoms with van der Waals surface area (Å²) in [4.78, 5) is 41.8. The number of benzene rings is 2. The molecule has 1 amide bonds. The van der Waals surface area contributed by atoms with Crippen LogP contribution in [0.25, 0.3) is 21.6 Å². The van der Waals surface area contributed by atoms with Gasteiger partial charge in [0.2, 0.25) is 11.2 Å². The Balaban J connectivity index is 1.40. The molecule has 4 aliphatic rings. The van der Waals surface area contributed by atoms with Crippen LogP contribution in [0.5, 0.6) is 5.75 Å². The molecule has 0 spiro atoms. The second-order valence-corrected chi connectivity index (χ2v) is 11.8.